The lowest BCUT2D eigenvalue weighted by Crippen LogP contribution is -2.39. The number of rotatable bonds is 8. The number of aliphatic imine (C=N–C) groups is 1. The number of alkyl halides is 3. The number of nitrogens with one attached hydrogen (secondary N) is 3. The first-order valence-corrected chi connectivity index (χ1v) is 8.23. The van der Waals surface area contributed by atoms with Gasteiger partial charge in [-0.15, -0.1) is 0 Å². The third-order valence-corrected chi connectivity index (χ3v) is 3.66. The highest BCUT2D eigenvalue weighted by molar-refractivity contribution is 5.83. The summed E-state index contributed by atoms with van der Waals surface area (Å²) in [4.78, 5) is 7.09. The number of hydrogen-bond acceptors (Lipinski definition) is 2. The molecule has 1 aromatic carbocycles. The fourth-order valence-corrected chi connectivity index (χ4v) is 2.47. The number of aromatic amines is 1. The molecule has 1 heterocycles. The molecule has 0 spiro atoms. The Morgan fingerprint density at radius 3 is 2.73 bits per heavy atom. The SMILES string of the molecule is CN=C(NCCCOCC(F)(F)F)NCCc1c[nH]c2cc(F)ccc12. The van der Waals surface area contributed by atoms with Crippen LogP contribution >= 0.6 is 0 Å². The van der Waals surface area contributed by atoms with E-state index in [9.17, 15) is 17.6 Å². The molecule has 9 heteroatoms. The van der Waals surface area contributed by atoms with Gasteiger partial charge in [0.05, 0.1) is 0 Å². The van der Waals surface area contributed by atoms with E-state index in [2.05, 4.69) is 25.3 Å². The van der Waals surface area contributed by atoms with Gasteiger partial charge < -0.3 is 20.4 Å². The van der Waals surface area contributed by atoms with Crippen molar-refractivity contribution in [2.75, 3.05) is 33.4 Å². The smallest absolute Gasteiger partial charge is 0.372 e. The highest BCUT2D eigenvalue weighted by Gasteiger charge is 2.27. The molecule has 1 aromatic heterocycles. The zero-order valence-electron chi connectivity index (χ0n) is 14.4. The van der Waals surface area contributed by atoms with Crippen molar-refractivity contribution in [3.8, 4) is 0 Å². The second-order valence-electron chi connectivity index (χ2n) is 5.70. The molecule has 144 valence electrons. The normalized spacial score (nSPS) is 12.6. The number of halogens is 4. The van der Waals surface area contributed by atoms with Crippen LogP contribution in [0.1, 0.15) is 12.0 Å². The highest BCUT2D eigenvalue weighted by atomic mass is 19.4. The minimum absolute atomic E-state index is 0.0232. The summed E-state index contributed by atoms with van der Waals surface area (Å²) < 4.78 is 53.5. The Morgan fingerprint density at radius 2 is 2.00 bits per heavy atom. The monoisotopic (exact) mass is 374 g/mol. The van der Waals surface area contributed by atoms with Crippen LogP contribution in [0.15, 0.2) is 29.4 Å². The van der Waals surface area contributed by atoms with Gasteiger partial charge >= 0.3 is 6.18 Å². The summed E-state index contributed by atoms with van der Waals surface area (Å²) in [6.07, 6.45) is -1.30. The van der Waals surface area contributed by atoms with Gasteiger partial charge in [-0.2, -0.15) is 13.2 Å². The lowest BCUT2D eigenvalue weighted by molar-refractivity contribution is -0.173. The van der Waals surface area contributed by atoms with Crippen molar-refractivity contribution in [1.82, 2.24) is 15.6 Å². The van der Waals surface area contributed by atoms with Crippen LogP contribution in [-0.4, -0.2) is 50.5 Å². The minimum atomic E-state index is -4.29. The number of benzene rings is 1. The van der Waals surface area contributed by atoms with Gasteiger partial charge in [-0.05, 0) is 36.6 Å². The van der Waals surface area contributed by atoms with Gasteiger partial charge in [-0.1, -0.05) is 0 Å². The Balaban J connectivity index is 1.67. The van der Waals surface area contributed by atoms with E-state index in [4.69, 9.17) is 0 Å². The summed E-state index contributed by atoms with van der Waals surface area (Å²) in [7, 11) is 1.62. The standard InChI is InChI=1S/C17H22F4N4O/c1-22-16(23-6-2-8-26-11-17(19,20)21)24-7-5-12-10-25-15-9-13(18)3-4-14(12)15/h3-4,9-10,25H,2,5-8,11H2,1H3,(H2,22,23,24). The number of nitrogens with zero attached hydrogens (tertiary/aromatic N) is 1. The van der Waals surface area contributed by atoms with Crippen LogP contribution in [0.3, 0.4) is 0 Å². The molecule has 5 nitrogen and oxygen atoms in total. The van der Waals surface area contributed by atoms with Crippen molar-refractivity contribution in [1.29, 1.82) is 0 Å². The average molecular weight is 374 g/mol. The number of fused-ring (bicyclic) bond motifs is 1. The van der Waals surface area contributed by atoms with Crippen LogP contribution in [0, 0.1) is 5.82 Å². The summed E-state index contributed by atoms with van der Waals surface area (Å²) in [6, 6.07) is 4.62. The van der Waals surface area contributed by atoms with E-state index >= 15 is 0 Å². The van der Waals surface area contributed by atoms with Crippen molar-refractivity contribution < 1.29 is 22.3 Å². The van der Waals surface area contributed by atoms with Gasteiger partial charge in [0, 0.05) is 43.8 Å². The Bertz CT molecular complexity index is 727. The first-order chi connectivity index (χ1) is 12.4. The maximum atomic E-state index is 13.2. The molecule has 2 rings (SSSR count). The van der Waals surface area contributed by atoms with E-state index in [1.165, 1.54) is 12.1 Å². The molecule has 0 saturated heterocycles. The average Bonchev–Trinajstić information content (AvgIpc) is 2.97. The maximum absolute atomic E-state index is 13.2. The molecule has 0 aliphatic carbocycles. The third-order valence-electron chi connectivity index (χ3n) is 3.66. The Kier molecular flexibility index (Phi) is 7.26. The lowest BCUT2D eigenvalue weighted by atomic mass is 10.1. The van der Waals surface area contributed by atoms with Crippen LogP contribution in [0.25, 0.3) is 10.9 Å². The summed E-state index contributed by atoms with van der Waals surface area (Å²) in [5, 5.41) is 7.11. The Labute approximate surface area is 148 Å². The van der Waals surface area contributed by atoms with E-state index in [1.54, 1.807) is 13.1 Å². The number of aromatic nitrogens is 1. The molecule has 0 amide bonds. The molecule has 26 heavy (non-hydrogen) atoms. The number of ether oxygens (including phenoxy) is 1. The Hall–Kier alpha value is -2.29. The van der Waals surface area contributed by atoms with Crippen molar-refractivity contribution in [3.05, 3.63) is 35.8 Å². The van der Waals surface area contributed by atoms with E-state index in [1.807, 2.05) is 6.20 Å². The Morgan fingerprint density at radius 1 is 1.23 bits per heavy atom. The van der Waals surface area contributed by atoms with Crippen LogP contribution in [-0.2, 0) is 11.2 Å². The summed E-state index contributed by atoms with van der Waals surface area (Å²) in [6.45, 7) is -0.150. The predicted molar refractivity (Wildman–Crippen MR) is 92.8 cm³/mol. The topological polar surface area (TPSA) is 61.4 Å². The van der Waals surface area contributed by atoms with E-state index in [0.717, 1.165) is 16.5 Å². The predicted octanol–water partition coefficient (Wildman–Crippen LogP) is 2.98. The van der Waals surface area contributed by atoms with Gasteiger partial charge in [-0.3, -0.25) is 4.99 Å². The van der Waals surface area contributed by atoms with E-state index in [0.29, 0.717) is 31.9 Å². The summed E-state index contributed by atoms with van der Waals surface area (Å²) in [5.41, 5.74) is 1.81. The quantitative estimate of drug-likeness (QED) is 0.288. The summed E-state index contributed by atoms with van der Waals surface area (Å²) >= 11 is 0. The molecule has 2 aromatic rings. The molecular formula is C17H22F4N4O. The highest BCUT2D eigenvalue weighted by Crippen LogP contribution is 2.19. The van der Waals surface area contributed by atoms with Crippen LogP contribution in [0.2, 0.25) is 0 Å². The molecule has 0 atom stereocenters. The number of hydrogen-bond donors (Lipinski definition) is 3. The molecule has 0 saturated carbocycles. The first-order valence-electron chi connectivity index (χ1n) is 8.23. The van der Waals surface area contributed by atoms with Crippen molar-refractivity contribution in [2.24, 2.45) is 4.99 Å². The fraction of sp³-hybridized carbons (Fsp3) is 0.471. The van der Waals surface area contributed by atoms with Gasteiger partial charge in [0.25, 0.3) is 0 Å². The van der Waals surface area contributed by atoms with E-state index < -0.39 is 12.8 Å². The zero-order chi connectivity index (χ0) is 19.0. The van der Waals surface area contributed by atoms with Crippen LogP contribution < -0.4 is 10.6 Å². The zero-order valence-corrected chi connectivity index (χ0v) is 14.4. The van der Waals surface area contributed by atoms with Crippen LogP contribution in [0.5, 0.6) is 0 Å². The van der Waals surface area contributed by atoms with Gasteiger partial charge in [0.1, 0.15) is 12.4 Å². The van der Waals surface area contributed by atoms with Crippen LogP contribution in [0.4, 0.5) is 17.6 Å². The third kappa shape index (κ3) is 6.55. The molecule has 0 aliphatic rings. The summed E-state index contributed by atoms with van der Waals surface area (Å²) in [5.74, 6) is 0.277. The maximum Gasteiger partial charge on any atom is 0.411 e. The largest absolute Gasteiger partial charge is 0.411 e. The minimum Gasteiger partial charge on any atom is -0.372 e. The number of guanidine groups is 1. The first kappa shape index (κ1) is 20.0. The second kappa shape index (κ2) is 9.42. The molecule has 0 unspecified atom stereocenters. The van der Waals surface area contributed by atoms with Crippen molar-refractivity contribution in [3.63, 3.8) is 0 Å². The van der Waals surface area contributed by atoms with E-state index in [-0.39, 0.29) is 12.4 Å². The molecule has 0 fully saturated rings. The molecular weight excluding hydrogens is 352 g/mol. The molecule has 0 radical (unpaired) electrons. The number of H-pyrrole nitrogens is 1. The fourth-order valence-electron chi connectivity index (χ4n) is 2.47. The van der Waals surface area contributed by atoms with Gasteiger partial charge in [0.2, 0.25) is 0 Å². The molecule has 0 bridgehead atoms. The lowest BCUT2D eigenvalue weighted by Gasteiger charge is -2.12. The molecule has 3 N–H and O–H groups in total. The van der Waals surface area contributed by atoms with Crippen molar-refractivity contribution >= 4 is 16.9 Å². The van der Waals surface area contributed by atoms with Crippen molar-refractivity contribution in [2.45, 2.75) is 19.0 Å². The van der Waals surface area contributed by atoms with Gasteiger partial charge in [-0.25, -0.2) is 4.39 Å². The molecule has 0 aliphatic heterocycles. The second-order valence-corrected chi connectivity index (χ2v) is 5.70. The van der Waals surface area contributed by atoms with Gasteiger partial charge in [0.15, 0.2) is 5.96 Å².